The molecule has 2 heterocycles. The van der Waals surface area contributed by atoms with Crippen molar-refractivity contribution < 1.29 is 23.5 Å². The van der Waals surface area contributed by atoms with Gasteiger partial charge in [-0.2, -0.15) is 0 Å². The summed E-state index contributed by atoms with van der Waals surface area (Å²) in [5, 5.41) is 0. The van der Waals surface area contributed by atoms with Crippen LogP contribution in [0.5, 0.6) is 23.0 Å². The highest BCUT2D eigenvalue weighted by atomic mass is 32.2. The summed E-state index contributed by atoms with van der Waals surface area (Å²) in [6, 6.07) is 11.7. The maximum atomic E-state index is 13.2. The van der Waals surface area contributed by atoms with Crippen LogP contribution in [0.25, 0.3) is 0 Å². The van der Waals surface area contributed by atoms with Gasteiger partial charge in [0.05, 0.1) is 13.1 Å². The normalized spacial score (nSPS) is 16.0. The first-order valence-electron chi connectivity index (χ1n) is 8.84. The van der Waals surface area contributed by atoms with E-state index in [1.54, 1.807) is 0 Å². The number of ether oxygens (including phenoxy) is 4. The smallest absolute Gasteiger partial charge is 0.231 e. The van der Waals surface area contributed by atoms with E-state index in [1.807, 2.05) is 61.5 Å². The second-order valence-corrected chi connectivity index (χ2v) is 9.77. The molecule has 2 aromatic rings. The van der Waals surface area contributed by atoms with Gasteiger partial charge in [0, 0.05) is 11.4 Å². The van der Waals surface area contributed by atoms with Gasteiger partial charge in [0.15, 0.2) is 23.0 Å². The van der Waals surface area contributed by atoms with Crippen LogP contribution in [0.1, 0.15) is 31.9 Å². The molecule has 7 heteroatoms. The highest BCUT2D eigenvalue weighted by Gasteiger charge is 2.34. The van der Waals surface area contributed by atoms with Crippen molar-refractivity contribution in [2.75, 3.05) is 13.6 Å². The molecule has 0 N–H and O–H groups in total. The van der Waals surface area contributed by atoms with E-state index in [4.69, 9.17) is 18.9 Å². The first-order chi connectivity index (χ1) is 12.9. The SMILES string of the molecule is CC(C)(C)[S+]([O-])N(Cc1ccc2c(c1)OCO2)Cc1ccc2c(c1)OCO2. The minimum Gasteiger partial charge on any atom is -0.597 e. The summed E-state index contributed by atoms with van der Waals surface area (Å²) in [7, 11) is 0. The molecule has 27 heavy (non-hydrogen) atoms. The third-order valence-electron chi connectivity index (χ3n) is 4.35. The zero-order chi connectivity index (χ0) is 19.0. The fourth-order valence-corrected chi connectivity index (χ4v) is 4.35. The van der Waals surface area contributed by atoms with Crippen LogP contribution in [0.15, 0.2) is 36.4 Å². The van der Waals surface area contributed by atoms with Gasteiger partial charge in [-0.05, 0) is 56.2 Å². The molecule has 0 bridgehead atoms. The van der Waals surface area contributed by atoms with Crippen molar-refractivity contribution in [1.82, 2.24) is 4.31 Å². The maximum absolute atomic E-state index is 13.2. The Bertz CT molecular complexity index is 776. The molecular weight excluding hydrogens is 366 g/mol. The largest absolute Gasteiger partial charge is 0.597 e. The van der Waals surface area contributed by atoms with E-state index < -0.39 is 11.4 Å². The second-order valence-electron chi connectivity index (χ2n) is 7.53. The Labute approximate surface area is 162 Å². The third-order valence-corrected chi connectivity index (χ3v) is 6.13. The summed E-state index contributed by atoms with van der Waals surface area (Å²) in [4.78, 5) is 0. The van der Waals surface area contributed by atoms with Crippen LogP contribution in [0, 0.1) is 0 Å². The van der Waals surface area contributed by atoms with Crippen molar-refractivity contribution in [3.05, 3.63) is 47.5 Å². The number of benzene rings is 2. The monoisotopic (exact) mass is 389 g/mol. The Kier molecular flexibility index (Phi) is 4.84. The minimum atomic E-state index is -1.18. The molecule has 0 fully saturated rings. The quantitative estimate of drug-likeness (QED) is 0.728. The zero-order valence-electron chi connectivity index (χ0n) is 15.7. The van der Waals surface area contributed by atoms with Gasteiger partial charge >= 0.3 is 0 Å². The molecule has 0 spiro atoms. The molecule has 0 radical (unpaired) electrons. The van der Waals surface area contributed by atoms with E-state index in [2.05, 4.69) is 0 Å². The van der Waals surface area contributed by atoms with Gasteiger partial charge in [-0.25, -0.2) is 0 Å². The lowest BCUT2D eigenvalue weighted by Crippen LogP contribution is -2.42. The number of hydrogen-bond donors (Lipinski definition) is 0. The van der Waals surface area contributed by atoms with Crippen molar-refractivity contribution in [2.45, 2.75) is 38.6 Å². The van der Waals surface area contributed by atoms with Crippen LogP contribution in [0.3, 0.4) is 0 Å². The van der Waals surface area contributed by atoms with E-state index in [-0.39, 0.29) is 18.3 Å². The molecule has 0 amide bonds. The van der Waals surface area contributed by atoms with Crippen LogP contribution in [-0.2, 0) is 24.5 Å². The Morgan fingerprint density at radius 1 is 0.815 bits per heavy atom. The molecule has 0 saturated carbocycles. The van der Waals surface area contributed by atoms with Gasteiger partial charge in [-0.15, -0.1) is 4.31 Å². The average molecular weight is 389 g/mol. The summed E-state index contributed by atoms with van der Waals surface area (Å²) in [6.07, 6.45) is 0. The number of nitrogens with zero attached hydrogens (tertiary/aromatic N) is 1. The van der Waals surface area contributed by atoms with Gasteiger partial charge in [-0.1, -0.05) is 12.1 Å². The Morgan fingerprint density at radius 3 is 1.70 bits per heavy atom. The van der Waals surface area contributed by atoms with Crippen molar-refractivity contribution >= 4 is 11.4 Å². The van der Waals surface area contributed by atoms with E-state index in [9.17, 15) is 4.55 Å². The molecule has 1 unspecified atom stereocenters. The first kappa shape index (κ1) is 18.3. The lowest BCUT2D eigenvalue weighted by Gasteiger charge is -2.32. The molecule has 2 aromatic carbocycles. The molecule has 6 nitrogen and oxygen atoms in total. The second kappa shape index (κ2) is 7.14. The number of rotatable bonds is 5. The summed E-state index contributed by atoms with van der Waals surface area (Å²) < 4.78 is 36.5. The van der Waals surface area contributed by atoms with Gasteiger partial charge in [0.1, 0.15) is 4.75 Å². The number of hydrogen-bond acceptors (Lipinski definition) is 6. The third kappa shape index (κ3) is 3.95. The molecule has 0 aromatic heterocycles. The van der Waals surface area contributed by atoms with E-state index in [0.717, 1.165) is 34.1 Å². The van der Waals surface area contributed by atoms with Gasteiger partial charge < -0.3 is 23.5 Å². The number of fused-ring (bicyclic) bond motifs is 2. The van der Waals surface area contributed by atoms with Crippen molar-refractivity contribution in [1.29, 1.82) is 0 Å². The Morgan fingerprint density at radius 2 is 1.26 bits per heavy atom. The van der Waals surface area contributed by atoms with Gasteiger partial charge in [-0.3, -0.25) is 0 Å². The fourth-order valence-electron chi connectivity index (χ4n) is 3.05. The molecule has 4 rings (SSSR count). The lowest BCUT2D eigenvalue weighted by molar-refractivity contribution is 0.173. The fraction of sp³-hybridized carbons (Fsp3) is 0.400. The molecular formula is C20H23NO5S. The molecule has 0 saturated heterocycles. The van der Waals surface area contributed by atoms with Crippen LogP contribution in [0.2, 0.25) is 0 Å². The predicted molar refractivity (Wildman–Crippen MR) is 102 cm³/mol. The minimum absolute atomic E-state index is 0.244. The topological polar surface area (TPSA) is 63.2 Å². The van der Waals surface area contributed by atoms with E-state index in [1.165, 1.54) is 0 Å². The van der Waals surface area contributed by atoms with Crippen molar-refractivity contribution in [2.24, 2.45) is 0 Å². The highest BCUT2D eigenvalue weighted by molar-refractivity contribution is 7.90. The van der Waals surface area contributed by atoms with Crippen molar-refractivity contribution in [3.63, 3.8) is 0 Å². The van der Waals surface area contributed by atoms with E-state index in [0.29, 0.717) is 13.1 Å². The molecule has 2 aliphatic heterocycles. The summed E-state index contributed by atoms with van der Waals surface area (Å²) >= 11 is -1.18. The Balaban J connectivity index is 1.57. The first-order valence-corrected chi connectivity index (χ1v) is 9.95. The van der Waals surface area contributed by atoms with Crippen LogP contribution < -0.4 is 18.9 Å². The highest BCUT2D eigenvalue weighted by Crippen LogP contribution is 2.35. The van der Waals surface area contributed by atoms with Crippen LogP contribution >= 0.6 is 0 Å². The van der Waals surface area contributed by atoms with E-state index >= 15 is 0 Å². The average Bonchev–Trinajstić information content (AvgIpc) is 3.27. The standard InChI is InChI=1S/C20H23NO5S/c1-20(2,3)27(22)21(10-14-4-6-16-18(8-14)25-12-23-16)11-15-5-7-17-19(9-15)26-13-24-17/h4-9H,10-13H2,1-3H3. The summed E-state index contributed by atoms with van der Waals surface area (Å²) in [6.45, 7) is 7.51. The zero-order valence-corrected chi connectivity index (χ0v) is 16.5. The maximum Gasteiger partial charge on any atom is 0.231 e. The van der Waals surface area contributed by atoms with Gasteiger partial charge in [0.25, 0.3) is 0 Å². The molecule has 144 valence electrons. The molecule has 0 aliphatic carbocycles. The lowest BCUT2D eigenvalue weighted by atomic mass is 10.1. The Hall–Kier alpha value is -2.09. The van der Waals surface area contributed by atoms with Crippen LogP contribution in [0.4, 0.5) is 0 Å². The summed E-state index contributed by atoms with van der Waals surface area (Å²) in [5.41, 5.74) is 2.05. The van der Waals surface area contributed by atoms with Crippen molar-refractivity contribution in [3.8, 4) is 23.0 Å². The van der Waals surface area contributed by atoms with Gasteiger partial charge in [0.2, 0.25) is 13.6 Å². The predicted octanol–water partition coefficient (Wildman–Crippen LogP) is 3.61. The van der Waals surface area contributed by atoms with Crippen LogP contribution in [-0.4, -0.2) is 27.2 Å². The summed E-state index contributed by atoms with van der Waals surface area (Å²) in [5.74, 6) is 2.96. The molecule has 2 aliphatic rings. The molecule has 1 atom stereocenters.